The lowest BCUT2D eigenvalue weighted by molar-refractivity contribution is 0.120. The molecular weight excluding hydrogens is 192 g/mol. The molecular formula is C10H18N4O. The van der Waals surface area contributed by atoms with Gasteiger partial charge in [-0.05, 0) is 12.8 Å². The molecule has 1 saturated heterocycles. The molecule has 0 saturated carbocycles. The van der Waals surface area contributed by atoms with Crippen LogP contribution >= 0.6 is 0 Å². The summed E-state index contributed by atoms with van der Waals surface area (Å²) in [4.78, 5) is 4.34. The van der Waals surface area contributed by atoms with Gasteiger partial charge >= 0.3 is 0 Å². The number of aromatic amines is 1. The highest BCUT2D eigenvalue weighted by Crippen LogP contribution is 2.13. The van der Waals surface area contributed by atoms with Crippen LogP contribution in [0.5, 0.6) is 0 Å². The third kappa shape index (κ3) is 2.68. The average molecular weight is 210 g/mol. The van der Waals surface area contributed by atoms with Crippen LogP contribution in [0.4, 0.5) is 5.95 Å². The third-order valence-electron chi connectivity index (χ3n) is 2.56. The molecule has 0 radical (unpaired) electrons. The zero-order chi connectivity index (χ0) is 10.7. The first-order chi connectivity index (χ1) is 7.25. The van der Waals surface area contributed by atoms with E-state index >= 15 is 0 Å². The van der Waals surface area contributed by atoms with Crippen molar-refractivity contribution in [2.75, 3.05) is 18.5 Å². The maximum atomic E-state index is 5.50. The Bertz CT molecular complexity index is 304. The van der Waals surface area contributed by atoms with Crippen molar-refractivity contribution in [3.63, 3.8) is 0 Å². The molecule has 1 aliphatic rings. The van der Waals surface area contributed by atoms with Crippen LogP contribution in [0.25, 0.3) is 0 Å². The molecule has 2 N–H and O–H groups in total. The van der Waals surface area contributed by atoms with Crippen molar-refractivity contribution in [3.05, 3.63) is 5.82 Å². The summed E-state index contributed by atoms with van der Waals surface area (Å²) in [7, 11) is 0. The van der Waals surface area contributed by atoms with E-state index in [1.807, 2.05) is 0 Å². The van der Waals surface area contributed by atoms with E-state index in [1.54, 1.807) is 0 Å². The molecule has 5 heteroatoms. The van der Waals surface area contributed by atoms with Crippen LogP contribution in [0, 0.1) is 0 Å². The second-order valence-electron chi connectivity index (χ2n) is 4.21. The molecule has 0 aromatic carbocycles. The first-order valence-corrected chi connectivity index (χ1v) is 5.53. The zero-order valence-corrected chi connectivity index (χ0v) is 9.29. The number of aromatic nitrogens is 3. The summed E-state index contributed by atoms with van der Waals surface area (Å²) in [6.45, 7) is 5.86. The van der Waals surface area contributed by atoms with Crippen LogP contribution < -0.4 is 5.32 Å². The largest absolute Gasteiger partial charge is 0.376 e. The molecule has 1 unspecified atom stereocenters. The van der Waals surface area contributed by atoms with Gasteiger partial charge in [0.15, 0.2) is 0 Å². The van der Waals surface area contributed by atoms with Gasteiger partial charge in [0.05, 0.1) is 6.10 Å². The smallest absolute Gasteiger partial charge is 0.242 e. The summed E-state index contributed by atoms with van der Waals surface area (Å²) in [6.07, 6.45) is 2.62. The lowest BCUT2D eigenvalue weighted by Crippen LogP contribution is -2.18. The molecule has 0 aliphatic carbocycles. The van der Waals surface area contributed by atoms with E-state index < -0.39 is 0 Å². The van der Waals surface area contributed by atoms with Gasteiger partial charge in [-0.3, -0.25) is 5.10 Å². The summed E-state index contributed by atoms with van der Waals surface area (Å²) in [5.41, 5.74) is 0. The van der Waals surface area contributed by atoms with Gasteiger partial charge in [0.25, 0.3) is 0 Å². The van der Waals surface area contributed by atoms with Crippen LogP contribution in [0.1, 0.15) is 38.4 Å². The van der Waals surface area contributed by atoms with E-state index in [0.717, 1.165) is 31.8 Å². The summed E-state index contributed by atoms with van der Waals surface area (Å²) in [5.74, 6) is 1.98. The van der Waals surface area contributed by atoms with Gasteiger partial charge in [-0.1, -0.05) is 13.8 Å². The number of nitrogens with zero attached hydrogens (tertiary/aromatic N) is 2. The Morgan fingerprint density at radius 1 is 1.60 bits per heavy atom. The highest BCUT2D eigenvalue weighted by molar-refractivity contribution is 5.23. The van der Waals surface area contributed by atoms with Crippen LogP contribution in [-0.4, -0.2) is 34.4 Å². The van der Waals surface area contributed by atoms with Gasteiger partial charge in [-0.25, -0.2) is 0 Å². The number of anilines is 1. The maximum absolute atomic E-state index is 5.50. The van der Waals surface area contributed by atoms with Crippen molar-refractivity contribution in [1.82, 2.24) is 15.2 Å². The molecule has 0 amide bonds. The van der Waals surface area contributed by atoms with Gasteiger partial charge < -0.3 is 10.1 Å². The van der Waals surface area contributed by atoms with Crippen molar-refractivity contribution in [3.8, 4) is 0 Å². The van der Waals surface area contributed by atoms with Gasteiger partial charge in [0.2, 0.25) is 5.95 Å². The Morgan fingerprint density at radius 3 is 3.07 bits per heavy atom. The average Bonchev–Trinajstić information content (AvgIpc) is 2.86. The summed E-state index contributed by atoms with van der Waals surface area (Å²) < 4.78 is 5.50. The van der Waals surface area contributed by atoms with Crippen LogP contribution in [0.2, 0.25) is 0 Å². The van der Waals surface area contributed by atoms with Crippen LogP contribution in [-0.2, 0) is 4.74 Å². The Morgan fingerprint density at radius 2 is 2.47 bits per heavy atom. The molecule has 0 bridgehead atoms. The van der Waals surface area contributed by atoms with Crippen molar-refractivity contribution in [2.24, 2.45) is 0 Å². The highest BCUT2D eigenvalue weighted by Gasteiger charge is 2.15. The second-order valence-corrected chi connectivity index (χ2v) is 4.21. The molecule has 0 spiro atoms. The molecule has 1 fully saturated rings. The summed E-state index contributed by atoms with van der Waals surface area (Å²) >= 11 is 0. The predicted octanol–water partition coefficient (Wildman–Crippen LogP) is 1.52. The summed E-state index contributed by atoms with van der Waals surface area (Å²) in [5, 5.41) is 10.2. The molecule has 15 heavy (non-hydrogen) atoms. The molecule has 1 aromatic heterocycles. The van der Waals surface area contributed by atoms with Crippen molar-refractivity contribution in [2.45, 2.75) is 38.7 Å². The molecule has 84 valence electrons. The van der Waals surface area contributed by atoms with Crippen LogP contribution in [0.15, 0.2) is 0 Å². The van der Waals surface area contributed by atoms with E-state index in [4.69, 9.17) is 4.74 Å². The molecule has 1 aromatic rings. The summed E-state index contributed by atoms with van der Waals surface area (Å²) in [6, 6.07) is 0. The third-order valence-corrected chi connectivity index (χ3v) is 2.56. The minimum atomic E-state index is 0.325. The van der Waals surface area contributed by atoms with Gasteiger partial charge in [-0.15, -0.1) is 5.10 Å². The number of rotatable bonds is 4. The number of hydrogen-bond acceptors (Lipinski definition) is 4. The van der Waals surface area contributed by atoms with Crippen molar-refractivity contribution < 1.29 is 4.74 Å². The molecule has 1 atom stereocenters. The lowest BCUT2D eigenvalue weighted by Gasteiger charge is -2.08. The second kappa shape index (κ2) is 4.61. The monoisotopic (exact) mass is 210 g/mol. The quantitative estimate of drug-likeness (QED) is 0.791. The first-order valence-electron chi connectivity index (χ1n) is 5.53. The Labute approximate surface area is 89.6 Å². The van der Waals surface area contributed by atoms with E-state index in [1.165, 1.54) is 0 Å². The number of H-pyrrole nitrogens is 1. The maximum Gasteiger partial charge on any atom is 0.242 e. The normalized spacial score (nSPS) is 21.1. The molecule has 2 rings (SSSR count). The fraction of sp³-hybridized carbons (Fsp3) is 0.800. The Balaban J connectivity index is 1.82. The van der Waals surface area contributed by atoms with Crippen molar-refractivity contribution in [1.29, 1.82) is 0 Å². The number of ether oxygens (including phenoxy) is 1. The molecule has 5 nitrogen and oxygen atoms in total. The number of hydrogen-bond donors (Lipinski definition) is 2. The molecule has 2 heterocycles. The topological polar surface area (TPSA) is 62.8 Å². The van der Waals surface area contributed by atoms with Gasteiger partial charge in [0, 0.05) is 19.1 Å². The minimum Gasteiger partial charge on any atom is -0.376 e. The van der Waals surface area contributed by atoms with E-state index in [-0.39, 0.29) is 0 Å². The van der Waals surface area contributed by atoms with Crippen molar-refractivity contribution >= 4 is 5.95 Å². The highest BCUT2D eigenvalue weighted by atomic mass is 16.5. The Kier molecular flexibility index (Phi) is 3.20. The van der Waals surface area contributed by atoms with Crippen LogP contribution in [0.3, 0.4) is 0 Å². The fourth-order valence-corrected chi connectivity index (χ4v) is 1.62. The van der Waals surface area contributed by atoms with Gasteiger partial charge in [0.1, 0.15) is 5.82 Å². The standard InChI is InChI=1S/C10H18N4O/c1-7(2)9-12-10(14-13-9)11-6-8-4-3-5-15-8/h7-8H,3-6H2,1-2H3,(H2,11,12,13,14). The molecule has 1 aliphatic heterocycles. The lowest BCUT2D eigenvalue weighted by atomic mass is 10.2. The van der Waals surface area contributed by atoms with Gasteiger partial charge in [-0.2, -0.15) is 4.98 Å². The zero-order valence-electron chi connectivity index (χ0n) is 9.29. The Hall–Kier alpha value is -1.10. The minimum absolute atomic E-state index is 0.325. The van der Waals surface area contributed by atoms with E-state index in [0.29, 0.717) is 18.0 Å². The number of nitrogens with one attached hydrogen (secondary N) is 2. The first kappa shape index (κ1) is 10.4. The predicted molar refractivity (Wildman–Crippen MR) is 57.9 cm³/mol. The van der Waals surface area contributed by atoms with E-state index in [2.05, 4.69) is 34.3 Å². The SMILES string of the molecule is CC(C)c1nc(NCC2CCCO2)n[nH]1. The van der Waals surface area contributed by atoms with E-state index in [9.17, 15) is 0 Å². The fourth-order valence-electron chi connectivity index (χ4n) is 1.62.